The van der Waals surface area contributed by atoms with Crippen molar-refractivity contribution in [3.63, 3.8) is 0 Å². The molecule has 1 aliphatic carbocycles. The first-order valence-electron chi connectivity index (χ1n) is 7.14. The van der Waals surface area contributed by atoms with E-state index in [1.807, 2.05) is 19.1 Å². The molecule has 0 aromatic heterocycles. The lowest BCUT2D eigenvalue weighted by atomic mass is 9.83. The summed E-state index contributed by atoms with van der Waals surface area (Å²) < 4.78 is 13.6. The van der Waals surface area contributed by atoms with Gasteiger partial charge in [-0.05, 0) is 44.2 Å². The van der Waals surface area contributed by atoms with Crippen LogP contribution >= 0.6 is 0 Å². The largest absolute Gasteiger partial charge is 0.310 e. The molecule has 0 radical (unpaired) electrons. The van der Waals surface area contributed by atoms with Crippen molar-refractivity contribution in [3.8, 4) is 0 Å². The Labute approximate surface area is 110 Å². The number of benzene rings is 1. The summed E-state index contributed by atoms with van der Waals surface area (Å²) in [5, 5.41) is 3.48. The highest BCUT2D eigenvalue weighted by molar-refractivity contribution is 5.20. The molecule has 1 aliphatic rings. The van der Waals surface area contributed by atoms with Crippen LogP contribution in [0, 0.1) is 17.7 Å². The summed E-state index contributed by atoms with van der Waals surface area (Å²) in [4.78, 5) is 0. The Morgan fingerprint density at radius 3 is 2.56 bits per heavy atom. The standard InChI is InChI=1S/C16H24FN/c1-12-7-9-14(10-8-12)11-18-13(2)15-5-3-4-6-16(15)17/h3-6,12-14,18H,7-11H2,1-2H3. The van der Waals surface area contributed by atoms with Crippen molar-refractivity contribution in [1.29, 1.82) is 0 Å². The first kappa shape index (κ1) is 13.5. The monoisotopic (exact) mass is 249 g/mol. The van der Waals surface area contributed by atoms with Crippen LogP contribution in [0.1, 0.15) is 51.1 Å². The lowest BCUT2D eigenvalue weighted by Crippen LogP contribution is -2.28. The summed E-state index contributed by atoms with van der Waals surface area (Å²) in [6.07, 6.45) is 5.33. The Kier molecular flexibility index (Phi) is 4.76. The zero-order valence-corrected chi connectivity index (χ0v) is 11.5. The fourth-order valence-corrected chi connectivity index (χ4v) is 2.81. The molecule has 18 heavy (non-hydrogen) atoms. The molecule has 100 valence electrons. The van der Waals surface area contributed by atoms with Crippen LogP contribution in [0.5, 0.6) is 0 Å². The summed E-state index contributed by atoms with van der Waals surface area (Å²) in [5.41, 5.74) is 0.779. The molecule has 2 heteroatoms. The molecule has 0 aliphatic heterocycles. The van der Waals surface area contributed by atoms with Crippen LogP contribution in [0.4, 0.5) is 4.39 Å². The molecule has 0 spiro atoms. The molecule has 0 saturated heterocycles. The zero-order valence-electron chi connectivity index (χ0n) is 11.5. The third kappa shape index (κ3) is 3.55. The van der Waals surface area contributed by atoms with Gasteiger partial charge in [-0.25, -0.2) is 4.39 Å². The summed E-state index contributed by atoms with van der Waals surface area (Å²) in [6, 6.07) is 7.16. The quantitative estimate of drug-likeness (QED) is 0.838. The Bertz CT molecular complexity index is 369. The van der Waals surface area contributed by atoms with Gasteiger partial charge in [-0.1, -0.05) is 38.0 Å². The summed E-state index contributed by atoms with van der Waals surface area (Å²) >= 11 is 0. The number of halogens is 1. The highest BCUT2D eigenvalue weighted by atomic mass is 19.1. The van der Waals surface area contributed by atoms with E-state index in [1.165, 1.54) is 31.7 Å². The van der Waals surface area contributed by atoms with Crippen molar-refractivity contribution in [2.24, 2.45) is 11.8 Å². The molecular formula is C16H24FN. The minimum Gasteiger partial charge on any atom is -0.310 e. The molecule has 1 N–H and O–H groups in total. The van der Waals surface area contributed by atoms with Crippen LogP contribution in [0.3, 0.4) is 0 Å². The van der Waals surface area contributed by atoms with Crippen LogP contribution in [0.25, 0.3) is 0 Å². The predicted octanol–water partition coefficient (Wildman–Crippen LogP) is 4.30. The van der Waals surface area contributed by atoms with Gasteiger partial charge in [-0.15, -0.1) is 0 Å². The molecule has 0 amide bonds. The second-order valence-electron chi connectivity index (χ2n) is 5.78. The first-order valence-corrected chi connectivity index (χ1v) is 7.14. The second kappa shape index (κ2) is 6.33. The number of hydrogen-bond donors (Lipinski definition) is 1. The molecule has 0 bridgehead atoms. The molecule has 1 aromatic carbocycles. The second-order valence-corrected chi connectivity index (χ2v) is 5.78. The number of rotatable bonds is 4. The van der Waals surface area contributed by atoms with Gasteiger partial charge in [0.15, 0.2) is 0 Å². The molecule has 1 nitrogen and oxygen atoms in total. The van der Waals surface area contributed by atoms with Gasteiger partial charge in [0.05, 0.1) is 0 Å². The maximum Gasteiger partial charge on any atom is 0.127 e. The highest BCUT2D eigenvalue weighted by Gasteiger charge is 2.19. The molecule has 0 heterocycles. The van der Waals surface area contributed by atoms with Crippen molar-refractivity contribution in [1.82, 2.24) is 5.32 Å². The third-order valence-corrected chi connectivity index (χ3v) is 4.22. The Balaban J connectivity index is 1.81. The summed E-state index contributed by atoms with van der Waals surface area (Å²) in [7, 11) is 0. The molecule has 1 aromatic rings. The average Bonchev–Trinajstić information content (AvgIpc) is 2.38. The van der Waals surface area contributed by atoms with Crippen LogP contribution in [-0.2, 0) is 0 Å². The molecule has 2 rings (SSSR count). The smallest absolute Gasteiger partial charge is 0.127 e. The van der Waals surface area contributed by atoms with Crippen LogP contribution < -0.4 is 5.32 Å². The van der Waals surface area contributed by atoms with E-state index in [4.69, 9.17) is 0 Å². The van der Waals surface area contributed by atoms with Crippen molar-refractivity contribution in [2.45, 2.75) is 45.6 Å². The maximum absolute atomic E-state index is 13.6. The van der Waals surface area contributed by atoms with Crippen molar-refractivity contribution in [2.75, 3.05) is 6.54 Å². The topological polar surface area (TPSA) is 12.0 Å². The Morgan fingerprint density at radius 2 is 1.89 bits per heavy atom. The van der Waals surface area contributed by atoms with Gasteiger partial charge in [-0.2, -0.15) is 0 Å². The van der Waals surface area contributed by atoms with Crippen LogP contribution in [0.2, 0.25) is 0 Å². The van der Waals surface area contributed by atoms with Gasteiger partial charge >= 0.3 is 0 Å². The van der Waals surface area contributed by atoms with E-state index in [2.05, 4.69) is 12.2 Å². The number of nitrogens with one attached hydrogen (secondary N) is 1. The first-order chi connectivity index (χ1) is 8.66. The molecule has 1 saturated carbocycles. The normalized spacial score (nSPS) is 25.9. The lowest BCUT2D eigenvalue weighted by Gasteiger charge is -2.27. The predicted molar refractivity (Wildman–Crippen MR) is 73.9 cm³/mol. The Morgan fingerprint density at radius 1 is 1.22 bits per heavy atom. The van der Waals surface area contributed by atoms with Gasteiger partial charge in [-0.3, -0.25) is 0 Å². The molecule has 1 fully saturated rings. The van der Waals surface area contributed by atoms with E-state index in [-0.39, 0.29) is 11.9 Å². The average molecular weight is 249 g/mol. The van der Waals surface area contributed by atoms with Crippen molar-refractivity contribution >= 4 is 0 Å². The minimum absolute atomic E-state index is 0.102. The Hall–Kier alpha value is -0.890. The zero-order chi connectivity index (χ0) is 13.0. The van der Waals surface area contributed by atoms with E-state index < -0.39 is 0 Å². The molecular weight excluding hydrogens is 225 g/mol. The van der Waals surface area contributed by atoms with Gasteiger partial charge in [0.25, 0.3) is 0 Å². The van der Waals surface area contributed by atoms with E-state index in [1.54, 1.807) is 6.07 Å². The van der Waals surface area contributed by atoms with Gasteiger partial charge in [0, 0.05) is 11.6 Å². The van der Waals surface area contributed by atoms with Gasteiger partial charge in [0.2, 0.25) is 0 Å². The maximum atomic E-state index is 13.6. The van der Waals surface area contributed by atoms with E-state index >= 15 is 0 Å². The summed E-state index contributed by atoms with van der Waals surface area (Å²) in [5.74, 6) is 1.57. The van der Waals surface area contributed by atoms with Crippen molar-refractivity contribution < 1.29 is 4.39 Å². The minimum atomic E-state index is -0.102. The van der Waals surface area contributed by atoms with Crippen molar-refractivity contribution in [3.05, 3.63) is 35.6 Å². The van der Waals surface area contributed by atoms with E-state index in [9.17, 15) is 4.39 Å². The SMILES string of the molecule is CC1CCC(CNC(C)c2ccccc2F)CC1. The van der Waals surface area contributed by atoms with E-state index in [0.717, 1.165) is 23.9 Å². The summed E-state index contributed by atoms with van der Waals surface area (Å²) in [6.45, 7) is 5.40. The molecule has 1 unspecified atom stereocenters. The molecule has 1 atom stereocenters. The fraction of sp³-hybridized carbons (Fsp3) is 0.625. The van der Waals surface area contributed by atoms with Gasteiger partial charge in [0.1, 0.15) is 5.82 Å². The highest BCUT2D eigenvalue weighted by Crippen LogP contribution is 2.28. The van der Waals surface area contributed by atoms with Crippen LogP contribution in [0.15, 0.2) is 24.3 Å². The van der Waals surface area contributed by atoms with E-state index in [0.29, 0.717) is 0 Å². The fourth-order valence-electron chi connectivity index (χ4n) is 2.81. The van der Waals surface area contributed by atoms with Crippen LogP contribution in [-0.4, -0.2) is 6.54 Å². The third-order valence-electron chi connectivity index (χ3n) is 4.22. The van der Waals surface area contributed by atoms with Gasteiger partial charge < -0.3 is 5.32 Å². The number of hydrogen-bond acceptors (Lipinski definition) is 1. The lowest BCUT2D eigenvalue weighted by molar-refractivity contribution is 0.275.